The van der Waals surface area contributed by atoms with Crippen molar-refractivity contribution in [2.24, 2.45) is 5.73 Å². The first-order valence-corrected chi connectivity index (χ1v) is 6.93. The van der Waals surface area contributed by atoms with Crippen molar-refractivity contribution < 1.29 is 37.8 Å². The van der Waals surface area contributed by atoms with Crippen molar-refractivity contribution in [1.82, 2.24) is 9.88 Å². The molecule has 0 saturated heterocycles. The van der Waals surface area contributed by atoms with Crippen LogP contribution in [0, 0.1) is 0 Å². The first kappa shape index (κ1) is 21.6. The molecular formula is C11H15F3N4O5S. The van der Waals surface area contributed by atoms with E-state index in [0.717, 1.165) is 0 Å². The molecule has 5 N–H and O–H groups in total. The Balaban J connectivity index is 0.000000640. The number of amides is 2. The third-order valence-electron chi connectivity index (χ3n) is 2.16. The van der Waals surface area contributed by atoms with Crippen LogP contribution in [0.4, 0.5) is 23.1 Å². The van der Waals surface area contributed by atoms with Gasteiger partial charge in [0.2, 0.25) is 0 Å². The molecule has 0 aliphatic rings. The molecule has 1 heterocycles. The number of carbonyl (C=O) groups excluding carboxylic acids is 1. The fraction of sp³-hybridized carbons (Fsp3) is 0.455. The second kappa shape index (κ2) is 9.02. The number of nitrogens with two attached hydrogens (primary N) is 1. The van der Waals surface area contributed by atoms with E-state index in [1.807, 2.05) is 0 Å². The molecule has 1 rings (SSSR count). The van der Waals surface area contributed by atoms with Crippen LogP contribution >= 0.6 is 11.3 Å². The van der Waals surface area contributed by atoms with Crippen molar-refractivity contribution in [3.05, 3.63) is 11.1 Å². The highest BCUT2D eigenvalue weighted by Gasteiger charge is 2.38. The molecule has 2 amide bonds. The average molecular weight is 372 g/mol. The first-order valence-electron chi connectivity index (χ1n) is 6.05. The number of nitrogens with zero attached hydrogens (tertiary/aromatic N) is 2. The van der Waals surface area contributed by atoms with Gasteiger partial charge in [0, 0.05) is 25.9 Å². The standard InChI is InChI=1S/C9H14N4O3S.C2HF3O2/c1-13(2)9(16)12-8-11-5(4-17-8)3-6(10)7(14)15;3-2(4,5)1(6)7/h4,6H,3,10H2,1-2H3,(H,14,15)(H,11,12,16);(H,6,7). The predicted molar refractivity (Wildman–Crippen MR) is 77.8 cm³/mol. The Morgan fingerprint density at radius 3 is 2.25 bits per heavy atom. The van der Waals surface area contributed by atoms with Crippen LogP contribution in [0.3, 0.4) is 0 Å². The fourth-order valence-electron chi connectivity index (χ4n) is 0.974. The number of thiazole rings is 1. The number of rotatable bonds is 4. The van der Waals surface area contributed by atoms with E-state index in [2.05, 4.69) is 10.3 Å². The minimum atomic E-state index is -5.08. The van der Waals surface area contributed by atoms with Gasteiger partial charge in [0.25, 0.3) is 0 Å². The largest absolute Gasteiger partial charge is 0.490 e. The monoisotopic (exact) mass is 372 g/mol. The van der Waals surface area contributed by atoms with Gasteiger partial charge in [-0.05, 0) is 0 Å². The maximum absolute atomic E-state index is 11.3. The van der Waals surface area contributed by atoms with Gasteiger partial charge < -0.3 is 20.8 Å². The topological polar surface area (TPSA) is 146 Å². The zero-order valence-corrected chi connectivity index (χ0v) is 13.3. The molecule has 1 aromatic heterocycles. The summed E-state index contributed by atoms with van der Waals surface area (Å²) >= 11 is 1.23. The maximum atomic E-state index is 11.3. The number of carbonyl (C=O) groups is 3. The third kappa shape index (κ3) is 8.28. The minimum absolute atomic E-state index is 0.143. The number of aromatic nitrogens is 1. The smallest absolute Gasteiger partial charge is 0.480 e. The summed E-state index contributed by atoms with van der Waals surface area (Å²) in [6.45, 7) is 0. The number of carboxylic acid groups (broad SMARTS) is 2. The normalized spacial score (nSPS) is 11.8. The molecule has 9 nitrogen and oxygen atoms in total. The lowest BCUT2D eigenvalue weighted by molar-refractivity contribution is -0.192. The number of hydrogen-bond acceptors (Lipinski definition) is 6. The number of anilines is 1. The van der Waals surface area contributed by atoms with E-state index < -0.39 is 24.2 Å². The van der Waals surface area contributed by atoms with Crippen LogP contribution in [0.5, 0.6) is 0 Å². The molecule has 0 spiro atoms. The molecule has 24 heavy (non-hydrogen) atoms. The summed E-state index contributed by atoms with van der Waals surface area (Å²) in [5, 5.41) is 20.4. The Morgan fingerprint density at radius 1 is 1.38 bits per heavy atom. The van der Waals surface area contributed by atoms with Gasteiger partial charge in [-0.15, -0.1) is 11.3 Å². The zero-order chi connectivity index (χ0) is 19.1. The van der Waals surface area contributed by atoms with Crippen LogP contribution in [-0.4, -0.2) is 64.4 Å². The Hall–Kier alpha value is -2.41. The van der Waals surface area contributed by atoms with Crippen molar-refractivity contribution in [2.45, 2.75) is 18.6 Å². The van der Waals surface area contributed by atoms with E-state index in [1.54, 1.807) is 19.5 Å². The number of carboxylic acids is 2. The summed E-state index contributed by atoms with van der Waals surface area (Å²) in [6, 6.07) is -1.26. The van der Waals surface area contributed by atoms with Gasteiger partial charge in [0.15, 0.2) is 5.13 Å². The summed E-state index contributed by atoms with van der Waals surface area (Å²) in [5.74, 6) is -3.83. The number of nitrogens with one attached hydrogen (secondary N) is 1. The minimum Gasteiger partial charge on any atom is -0.480 e. The van der Waals surface area contributed by atoms with Crippen molar-refractivity contribution in [1.29, 1.82) is 0 Å². The molecule has 1 atom stereocenters. The molecule has 0 bridgehead atoms. The van der Waals surface area contributed by atoms with E-state index >= 15 is 0 Å². The molecule has 136 valence electrons. The van der Waals surface area contributed by atoms with E-state index in [9.17, 15) is 22.8 Å². The summed E-state index contributed by atoms with van der Waals surface area (Å²) in [7, 11) is 3.23. The molecule has 13 heteroatoms. The molecular weight excluding hydrogens is 357 g/mol. The Morgan fingerprint density at radius 2 is 1.88 bits per heavy atom. The lowest BCUT2D eigenvalue weighted by atomic mass is 10.2. The lowest BCUT2D eigenvalue weighted by Gasteiger charge is -2.09. The SMILES string of the molecule is CN(C)C(=O)Nc1nc(CC(N)C(=O)O)cs1.O=C(O)C(F)(F)F. The predicted octanol–water partition coefficient (Wildman–Crippen LogP) is 0.824. The summed E-state index contributed by atoms with van der Waals surface area (Å²) in [5.41, 5.74) is 5.93. The van der Waals surface area contributed by atoms with Crippen molar-refractivity contribution in [3.8, 4) is 0 Å². The first-order chi connectivity index (χ1) is 10.8. The van der Waals surface area contributed by atoms with E-state index in [-0.39, 0.29) is 12.5 Å². The van der Waals surface area contributed by atoms with E-state index in [1.165, 1.54) is 16.2 Å². The van der Waals surface area contributed by atoms with Crippen LogP contribution in [0.1, 0.15) is 5.69 Å². The maximum Gasteiger partial charge on any atom is 0.490 e. The molecule has 1 unspecified atom stereocenters. The van der Waals surface area contributed by atoms with Crippen LogP contribution in [0.25, 0.3) is 0 Å². The molecule has 0 radical (unpaired) electrons. The fourth-order valence-corrected chi connectivity index (χ4v) is 1.69. The van der Waals surface area contributed by atoms with Gasteiger partial charge in [-0.3, -0.25) is 10.1 Å². The number of halogens is 3. The lowest BCUT2D eigenvalue weighted by Crippen LogP contribution is -2.32. The van der Waals surface area contributed by atoms with Crippen LogP contribution in [0.15, 0.2) is 5.38 Å². The van der Waals surface area contributed by atoms with Crippen LogP contribution in [-0.2, 0) is 16.0 Å². The average Bonchev–Trinajstić information content (AvgIpc) is 2.85. The summed E-state index contributed by atoms with van der Waals surface area (Å²) in [4.78, 5) is 36.2. The van der Waals surface area contributed by atoms with Gasteiger partial charge in [0.1, 0.15) is 6.04 Å². The number of hydrogen-bond donors (Lipinski definition) is 4. The Labute approximate surface area is 137 Å². The van der Waals surface area contributed by atoms with Crippen molar-refractivity contribution in [2.75, 3.05) is 19.4 Å². The van der Waals surface area contributed by atoms with Gasteiger partial charge in [0.05, 0.1) is 5.69 Å². The van der Waals surface area contributed by atoms with Crippen molar-refractivity contribution in [3.63, 3.8) is 0 Å². The highest BCUT2D eigenvalue weighted by atomic mass is 32.1. The highest BCUT2D eigenvalue weighted by molar-refractivity contribution is 7.13. The molecule has 0 aromatic carbocycles. The highest BCUT2D eigenvalue weighted by Crippen LogP contribution is 2.16. The Kier molecular flexibility index (Phi) is 8.12. The molecule has 0 aliphatic carbocycles. The molecule has 0 fully saturated rings. The second-order valence-corrected chi connectivity index (χ2v) is 5.28. The number of urea groups is 1. The van der Waals surface area contributed by atoms with Crippen molar-refractivity contribution >= 4 is 34.4 Å². The van der Waals surface area contributed by atoms with Crippen LogP contribution in [0.2, 0.25) is 0 Å². The molecule has 0 saturated carbocycles. The quantitative estimate of drug-likeness (QED) is 0.612. The van der Waals surface area contributed by atoms with Gasteiger partial charge in [-0.1, -0.05) is 0 Å². The zero-order valence-electron chi connectivity index (χ0n) is 12.5. The van der Waals surface area contributed by atoms with E-state index in [0.29, 0.717) is 10.8 Å². The molecule has 1 aromatic rings. The number of aliphatic carboxylic acids is 2. The van der Waals surface area contributed by atoms with Gasteiger partial charge >= 0.3 is 24.1 Å². The third-order valence-corrected chi connectivity index (χ3v) is 2.97. The number of alkyl halides is 3. The summed E-state index contributed by atoms with van der Waals surface area (Å²) in [6.07, 6.45) is -4.94. The van der Waals surface area contributed by atoms with Gasteiger partial charge in [-0.25, -0.2) is 14.6 Å². The summed E-state index contributed by atoms with van der Waals surface area (Å²) < 4.78 is 31.7. The van der Waals surface area contributed by atoms with Gasteiger partial charge in [-0.2, -0.15) is 13.2 Å². The second-order valence-electron chi connectivity index (χ2n) is 4.42. The molecule has 0 aliphatic heterocycles. The van der Waals surface area contributed by atoms with E-state index in [4.69, 9.17) is 20.7 Å². The van der Waals surface area contributed by atoms with Crippen LogP contribution < -0.4 is 11.1 Å². The Bertz CT molecular complexity index is 590.